The molecule has 0 radical (unpaired) electrons. The van der Waals surface area contributed by atoms with Gasteiger partial charge in [-0.25, -0.2) is 9.50 Å². The molecule has 2 atom stereocenters. The Kier molecular flexibility index (Phi) is 4.10. The van der Waals surface area contributed by atoms with Crippen LogP contribution in [0.15, 0.2) is 36.8 Å². The lowest BCUT2D eigenvalue weighted by Crippen LogP contribution is -2.24. The highest BCUT2D eigenvalue weighted by atomic mass is 16.5. The molecular formula is C22H25N5O2. The van der Waals surface area contributed by atoms with Gasteiger partial charge in [-0.1, -0.05) is 0 Å². The molecule has 3 aromatic rings. The number of hydrogen-bond acceptors (Lipinski definition) is 5. The number of fused-ring (bicyclic) bond motifs is 2. The summed E-state index contributed by atoms with van der Waals surface area (Å²) < 4.78 is 7.76. The molecule has 1 aliphatic carbocycles. The number of anilines is 1. The van der Waals surface area contributed by atoms with Crippen LogP contribution in [0, 0.1) is 5.92 Å². The molecule has 29 heavy (non-hydrogen) atoms. The molecule has 1 saturated carbocycles. The number of hydrogen-bond donors (Lipinski definition) is 2. The lowest BCUT2D eigenvalue weighted by Gasteiger charge is -2.17. The molecule has 0 saturated heterocycles. The zero-order chi connectivity index (χ0) is 20.2. The van der Waals surface area contributed by atoms with Crippen LogP contribution in [-0.2, 0) is 6.42 Å². The summed E-state index contributed by atoms with van der Waals surface area (Å²) in [6, 6.07) is 6.01. The number of carbonyl (C=O) groups is 1. The zero-order valence-corrected chi connectivity index (χ0v) is 16.9. The van der Waals surface area contributed by atoms with Gasteiger partial charge in [0.1, 0.15) is 16.9 Å². The first-order valence-corrected chi connectivity index (χ1v) is 10.1. The van der Waals surface area contributed by atoms with Crippen LogP contribution < -0.4 is 15.4 Å². The predicted molar refractivity (Wildman–Crippen MR) is 111 cm³/mol. The molecule has 1 aromatic carbocycles. The van der Waals surface area contributed by atoms with E-state index in [-0.39, 0.29) is 11.5 Å². The normalized spacial score (nSPS) is 21.6. The van der Waals surface area contributed by atoms with E-state index in [4.69, 9.17) is 4.74 Å². The molecule has 2 aliphatic rings. The predicted octanol–water partition coefficient (Wildman–Crippen LogP) is 3.02. The van der Waals surface area contributed by atoms with E-state index in [0.717, 1.165) is 42.0 Å². The van der Waals surface area contributed by atoms with Gasteiger partial charge in [-0.2, -0.15) is 5.10 Å². The van der Waals surface area contributed by atoms with Gasteiger partial charge in [0.25, 0.3) is 5.91 Å². The van der Waals surface area contributed by atoms with E-state index in [1.165, 1.54) is 0 Å². The minimum absolute atomic E-state index is 0.191. The first-order valence-electron chi connectivity index (χ1n) is 10.1. The van der Waals surface area contributed by atoms with Gasteiger partial charge in [-0.05, 0) is 69.5 Å². The van der Waals surface area contributed by atoms with Crippen molar-refractivity contribution in [2.24, 2.45) is 5.92 Å². The summed E-state index contributed by atoms with van der Waals surface area (Å²) >= 11 is 0. The Morgan fingerprint density at radius 2 is 2.24 bits per heavy atom. The van der Waals surface area contributed by atoms with Gasteiger partial charge < -0.3 is 15.4 Å². The molecule has 1 fully saturated rings. The van der Waals surface area contributed by atoms with Crippen LogP contribution in [0.25, 0.3) is 5.65 Å². The molecule has 7 heteroatoms. The second kappa shape index (κ2) is 6.56. The van der Waals surface area contributed by atoms with Gasteiger partial charge in [0.15, 0.2) is 5.65 Å². The van der Waals surface area contributed by atoms with Gasteiger partial charge in [-0.3, -0.25) is 4.79 Å². The van der Waals surface area contributed by atoms with Gasteiger partial charge in [0, 0.05) is 30.1 Å². The Bertz CT molecular complexity index is 1100. The minimum atomic E-state index is -0.220. The monoisotopic (exact) mass is 391 g/mol. The maximum atomic E-state index is 13.1. The number of nitrogens with zero attached hydrogens (tertiary/aromatic N) is 3. The fourth-order valence-electron chi connectivity index (χ4n) is 4.37. The van der Waals surface area contributed by atoms with E-state index < -0.39 is 0 Å². The minimum Gasteiger partial charge on any atom is -0.487 e. The van der Waals surface area contributed by atoms with Crippen LogP contribution in [-0.4, -0.2) is 39.7 Å². The van der Waals surface area contributed by atoms with Crippen molar-refractivity contribution in [2.45, 2.75) is 38.2 Å². The number of aromatic nitrogens is 3. The van der Waals surface area contributed by atoms with Crippen molar-refractivity contribution < 1.29 is 9.53 Å². The second-order valence-electron chi connectivity index (χ2n) is 8.65. The number of carbonyl (C=O) groups excluding carboxylic acids is 1. The molecule has 150 valence electrons. The van der Waals surface area contributed by atoms with E-state index in [2.05, 4.69) is 46.7 Å². The number of rotatable bonds is 5. The Morgan fingerprint density at radius 1 is 1.38 bits per heavy atom. The van der Waals surface area contributed by atoms with Crippen LogP contribution in [0.1, 0.15) is 47.7 Å². The Hall–Kier alpha value is -2.93. The first kappa shape index (κ1) is 18.1. The smallest absolute Gasteiger partial charge is 0.261 e. The van der Waals surface area contributed by atoms with E-state index in [1.54, 1.807) is 29.2 Å². The van der Waals surface area contributed by atoms with Crippen molar-refractivity contribution in [2.75, 3.05) is 18.9 Å². The molecule has 3 heterocycles. The third kappa shape index (κ3) is 3.25. The average molecular weight is 391 g/mol. The highest BCUT2D eigenvalue weighted by Gasteiger charge is 2.41. The van der Waals surface area contributed by atoms with Gasteiger partial charge >= 0.3 is 0 Å². The summed E-state index contributed by atoms with van der Waals surface area (Å²) in [5.74, 6) is 1.76. The van der Waals surface area contributed by atoms with Crippen LogP contribution >= 0.6 is 0 Å². The van der Waals surface area contributed by atoms with Crippen LogP contribution in [0.4, 0.5) is 5.69 Å². The van der Waals surface area contributed by atoms with E-state index >= 15 is 0 Å². The molecule has 0 spiro atoms. The number of amides is 1. The molecule has 1 aliphatic heterocycles. The fourth-order valence-corrected chi connectivity index (χ4v) is 4.37. The average Bonchev–Trinajstić information content (AvgIpc) is 3.18. The van der Waals surface area contributed by atoms with Crippen molar-refractivity contribution in [3.05, 3.63) is 53.5 Å². The fraction of sp³-hybridized carbons (Fsp3) is 0.409. The van der Waals surface area contributed by atoms with E-state index in [9.17, 15) is 4.79 Å². The molecule has 1 amide bonds. The van der Waals surface area contributed by atoms with Gasteiger partial charge in [-0.15, -0.1) is 0 Å². The van der Waals surface area contributed by atoms with Gasteiger partial charge in [0.2, 0.25) is 0 Å². The standard InChI is InChI=1S/C22H25N5O2/c1-22(2)10-13-8-18(16(9-19(13)29-22)15-7-14(15)11-23-3)26-21(28)17-12-25-27-6-4-5-24-20(17)27/h4-6,8-9,12,14-15,23H,7,10-11H2,1-3H3,(H,26,28). The maximum Gasteiger partial charge on any atom is 0.261 e. The zero-order valence-electron chi connectivity index (χ0n) is 16.9. The van der Waals surface area contributed by atoms with Crippen molar-refractivity contribution in [1.82, 2.24) is 19.9 Å². The van der Waals surface area contributed by atoms with Crippen molar-refractivity contribution in [3.8, 4) is 5.75 Å². The lowest BCUT2D eigenvalue weighted by atomic mass is 9.98. The van der Waals surface area contributed by atoms with E-state index in [0.29, 0.717) is 23.0 Å². The number of nitrogens with one attached hydrogen (secondary N) is 2. The SMILES string of the molecule is CNCC1CC1c1cc2c(cc1NC(=O)c1cnn3cccnc13)CC(C)(C)O2. The number of benzene rings is 1. The van der Waals surface area contributed by atoms with Crippen LogP contribution in [0.2, 0.25) is 0 Å². The lowest BCUT2D eigenvalue weighted by molar-refractivity contribution is 0.102. The number of ether oxygens (including phenoxy) is 1. The molecule has 7 nitrogen and oxygen atoms in total. The molecule has 0 bridgehead atoms. The summed E-state index contributed by atoms with van der Waals surface area (Å²) in [5, 5.41) is 10.6. The van der Waals surface area contributed by atoms with Crippen molar-refractivity contribution >= 4 is 17.2 Å². The highest BCUT2D eigenvalue weighted by Crippen LogP contribution is 2.52. The summed E-state index contributed by atoms with van der Waals surface area (Å²) in [4.78, 5) is 17.4. The van der Waals surface area contributed by atoms with Crippen LogP contribution in [0.5, 0.6) is 5.75 Å². The van der Waals surface area contributed by atoms with Crippen molar-refractivity contribution in [1.29, 1.82) is 0 Å². The summed E-state index contributed by atoms with van der Waals surface area (Å²) in [7, 11) is 1.98. The Balaban J connectivity index is 1.49. The topological polar surface area (TPSA) is 80.5 Å². The molecule has 2 unspecified atom stereocenters. The second-order valence-corrected chi connectivity index (χ2v) is 8.65. The largest absolute Gasteiger partial charge is 0.487 e. The molecule has 5 rings (SSSR count). The summed E-state index contributed by atoms with van der Waals surface area (Å²) in [6.45, 7) is 5.16. The van der Waals surface area contributed by atoms with E-state index in [1.807, 2.05) is 7.05 Å². The molecule has 2 N–H and O–H groups in total. The molecule has 2 aromatic heterocycles. The third-order valence-corrected chi connectivity index (χ3v) is 5.80. The first-order chi connectivity index (χ1) is 13.9. The Labute approximate surface area is 169 Å². The van der Waals surface area contributed by atoms with Gasteiger partial charge in [0.05, 0.1) is 6.20 Å². The summed E-state index contributed by atoms with van der Waals surface area (Å²) in [5.41, 5.74) is 3.96. The molecular weight excluding hydrogens is 366 g/mol. The maximum absolute atomic E-state index is 13.1. The quantitative estimate of drug-likeness (QED) is 0.699. The summed E-state index contributed by atoms with van der Waals surface area (Å²) in [6.07, 6.45) is 6.96. The van der Waals surface area contributed by atoms with Crippen LogP contribution in [0.3, 0.4) is 0 Å². The third-order valence-electron chi connectivity index (χ3n) is 5.80. The highest BCUT2D eigenvalue weighted by molar-refractivity contribution is 6.08. The van der Waals surface area contributed by atoms with Crippen molar-refractivity contribution in [3.63, 3.8) is 0 Å². The Morgan fingerprint density at radius 3 is 3.07 bits per heavy atom.